The summed E-state index contributed by atoms with van der Waals surface area (Å²) in [5, 5.41) is 21.7. The predicted octanol–water partition coefficient (Wildman–Crippen LogP) is -0.342. The van der Waals surface area contributed by atoms with Crippen molar-refractivity contribution in [3.8, 4) is 0 Å². The summed E-state index contributed by atoms with van der Waals surface area (Å²) < 4.78 is 4.92. The summed E-state index contributed by atoms with van der Waals surface area (Å²) in [7, 11) is 1.66. The molecule has 0 aliphatic carbocycles. The molecule has 0 radical (unpaired) electrons. The van der Waals surface area contributed by atoms with Gasteiger partial charge >= 0.3 is 0 Å². The van der Waals surface area contributed by atoms with E-state index in [0.717, 1.165) is 12.1 Å². The maximum absolute atomic E-state index is 9.19. The van der Waals surface area contributed by atoms with E-state index in [9.17, 15) is 5.11 Å². The second kappa shape index (κ2) is 9.23. The smallest absolute Gasteiger partial charge is 0.187 e. The Labute approximate surface area is 111 Å². The molecule has 6 nitrogen and oxygen atoms in total. The largest absolute Gasteiger partial charge is 0.394 e. The summed E-state index contributed by atoms with van der Waals surface area (Å²) in [6, 6.07) is 0. The minimum absolute atomic E-state index is 0.242. The molecule has 0 bridgehead atoms. The van der Waals surface area contributed by atoms with Crippen LogP contribution in [-0.4, -0.2) is 58.9 Å². The van der Waals surface area contributed by atoms with Crippen LogP contribution in [0.4, 0.5) is 0 Å². The Morgan fingerprint density at radius 1 is 1.44 bits per heavy atom. The van der Waals surface area contributed by atoms with Gasteiger partial charge in [0.15, 0.2) is 5.16 Å². The number of aromatic nitrogens is 2. The van der Waals surface area contributed by atoms with Crippen LogP contribution >= 0.6 is 11.8 Å². The van der Waals surface area contributed by atoms with E-state index in [1.54, 1.807) is 19.5 Å². The summed E-state index contributed by atoms with van der Waals surface area (Å²) in [6.45, 7) is 1.92. The number of nitrogens with zero attached hydrogens (tertiary/aromatic N) is 2. The van der Waals surface area contributed by atoms with E-state index in [-0.39, 0.29) is 6.61 Å². The van der Waals surface area contributed by atoms with Crippen molar-refractivity contribution in [2.75, 3.05) is 32.6 Å². The molecule has 0 amide bonds. The Morgan fingerprint density at radius 3 is 2.78 bits per heavy atom. The van der Waals surface area contributed by atoms with Gasteiger partial charge in [0.2, 0.25) is 0 Å². The van der Waals surface area contributed by atoms with Gasteiger partial charge in [-0.2, -0.15) is 0 Å². The third-order valence-corrected chi connectivity index (χ3v) is 3.13. The fraction of sp³-hybridized carbons (Fsp3) is 0.636. The molecule has 0 saturated heterocycles. The molecule has 1 rings (SSSR count). The van der Waals surface area contributed by atoms with Crippen molar-refractivity contribution >= 4 is 11.8 Å². The van der Waals surface area contributed by atoms with Crippen LogP contribution in [0.5, 0.6) is 0 Å². The number of thioether (sulfide) groups is 1. The Morgan fingerprint density at radius 2 is 2.17 bits per heavy atom. The molecule has 0 saturated carbocycles. The highest BCUT2D eigenvalue weighted by atomic mass is 32.2. The molecule has 0 spiro atoms. The summed E-state index contributed by atoms with van der Waals surface area (Å²) in [6.07, 6.45) is 2.77. The molecule has 1 unspecified atom stereocenters. The lowest BCUT2D eigenvalue weighted by Gasteiger charge is -2.06. The predicted molar refractivity (Wildman–Crippen MR) is 69.4 cm³/mol. The van der Waals surface area contributed by atoms with E-state index >= 15 is 0 Å². The van der Waals surface area contributed by atoms with Crippen LogP contribution in [0.25, 0.3) is 0 Å². The van der Waals surface area contributed by atoms with Crippen molar-refractivity contribution < 1.29 is 14.9 Å². The van der Waals surface area contributed by atoms with Gasteiger partial charge < -0.3 is 20.3 Å². The monoisotopic (exact) mass is 273 g/mol. The summed E-state index contributed by atoms with van der Waals surface area (Å²) in [4.78, 5) is 8.34. The van der Waals surface area contributed by atoms with Crippen LogP contribution in [0, 0.1) is 0 Å². The van der Waals surface area contributed by atoms with Gasteiger partial charge in [0, 0.05) is 43.9 Å². The Hall–Kier alpha value is -0.730. The Balaban J connectivity index is 2.28. The highest BCUT2D eigenvalue weighted by Gasteiger charge is 2.04. The molecule has 1 aromatic rings. The SMILES string of the molecule is COCCNCc1cnc(SCC(O)CO)nc1. The summed E-state index contributed by atoms with van der Waals surface area (Å²) in [5.41, 5.74) is 0.998. The molecule has 7 heteroatoms. The first-order chi connectivity index (χ1) is 8.76. The van der Waals surface area contributed by atoms with E-state index in [1.807, 2.05) is 0 Å². The molecule has 0 aliphatic rings. The maximum Gasteiger partial charge on any atom is 0.187 e. The molecule has 1 atom stereocenters. The first kappa shape index (κ1) is 15.3. The number of hydrogen-bond acceptors (Lipinski definition) is 7. The van der Waals surface area contributed by atoms with E-state index in [2.05, 4.69) is 15.3 Å². The van der Waals surface area contributed by atoms with Gasteiger partial charge in [-0.05, 0) is 0 Å². The Bertz CT molecular complexity index is 324. The third kappa shape index (κ3) is 6.27. The van der Waals surface area contributed by atoms with Gasteiger partial charge in [0.05, 0.1) is 19.3 Å². The van der Waals surface area contributed by atoms with Crippen LogP contribution in [-0.2, 0) is 11.3 Å². The van der Waals surface area contributed by atoms with Crippen molar-refractivity contribution in [2.24, 2.45) is 0 Å². The lowest BCUT2D eigenvalue weighted by molar-refractivity contribution is 0.113. The molecule has 0 aliphatic heterocycles. The topological polar surface area (TPSA) is 87.5 Å². The van der Waals surface area contributed by atoms with Gasteiger partial charge in [-0.1, -0.05) is 11.8 Å². The normalized spacial score (nSPS) is 12.6. The lowest BCUT2D eigenvalue weighted by Crippen LogP contribution is -2.18. The van der Waals surface area contributed by atoms with Crippen molar-refractivity contribution in [3.63, 3.8) is 0 Å². The van der Waals surface area contributed by atoms with E-state index in [1.165, 1.54) is 11.8 Å². The fourth-order valence-electron chi connectivity index (χ4n) is 1.14. The minimum atomic E-state index is -0.728. The molecule has 102 valence electrons. The standard InChI is InChI=1S/C11H19N3O3S/c1-17-3-2-12-4-9-5-13-11(14-6-9)18-8-10(16)7-15/h5-6,10,12,15-16H,2-4,7-8H2,1H3. The molecule has 1 heterocycles. The van der Waals surface area contributed by atoms with Gasteiger partial charge in [-0.15, -0.1) is 0 Å². The summed E-state index contributed by atoms with van der Waals surface area (Å²) in [5.74, 6) is 0.391. The second-order valence-corrected chi connectivity index (χ2v) is 4.68. The number of hydrogen-bond donors (Lipinski definition) is 3. The van der Waals surface area contributed by atoms with Crippen LogP contribution in [0.15, 0.2) is 17.6 Å². The fourth-order valence-corrected chi connectivity index (χ4v) is 1.84. The van der Waals surface area contributed by atoms with Crippen molar-refractivity contribution in [1.82, 2.24) is 15.3 Å². The molecular formula is C11H19N3O3S. The molecule has 0 fully saturated rings. The zero-order valence-corrected chi connectivity index (χ0v) is 11.2. The van der Waals surface area contributed by atoms with Crippen molar-refractivity contribution in [2.45, 2.75) is 17.8 Å². The van der Waals surface area contributed by atoms with Crippen LogP contribution in [0.1, 0.15) is 5.56 Å². The Kier molecular flexibility index (Phi) is 7.86. The van der Waals surface area contributed by atoms with Gasteiger partial charge in [0.25, 0.3) is 0 Å². The zero-order valence-electron chi connectivity index (χ0n) is 10.4. The van der Waals surface area contributed by atoms with E-state index in [0.29, 0.717) is 24.1 Å². The number of nitrogens with one attached hydrogen (secondary N) is 1. The molecule has 18 heavy (non-hydrogen) atoms. The number of rotatable bonds is 9. The molecular weight excluding hydrogens is 254 g/mol. The van der Waals surface area contributed by atoms with Crippen molar-refractivity contribution in [3.05, 3.63) is 18.0 Å². The van der Waals surface area contributed by atoms with E-state index in [4.69, 9.17) is 9.84 Å². The average Bonchev–Trinajstić information content (AvgIpc) is 2.42. The van der Waals surface area contributed by atoms with Gasteiger partial charge in [-0.3, -0.25) is 0 Å². The van der Waals surface area contributed by atoms with Crippen molar-refractivity contribution in [1.29, 1.82) is 0 Å². The maximum atomic E-state index is 9.19. The molecule has 0 aromatic carbocycles. The first-order valence-corrected chi connectivity index (χ1v) is 6.67. The number of ether oxygens (including phenoxy) is 1. The quantitative estimate of drug-likeness (QED) is 0.322. The summed E-state index contributed by atoms with van der Waals surface area (Å²) >= 11 is 1.32. The first-order valence-electron chi connectivity index (χ1n) is 5.68. The van der Waals surface area contributed by atoms with Gasteiger partial charge in [0.1, 0.15) is 0 Å². The zero-order chi connectivity index (χ0) is 13.2. The van der Waals surface area contributed by atoms with Gasteiger partial charge in [-0.25, -0.2) is 9.97 Å². The molecule has 3 N–H and O–H groups in total. The van der Waals surface area contributed by atoms with E-state index < -0.39 is 6.10 Å². The van der Waals surface area contributed by atoms with Crippen LogP contribution in [0.2, 0.25) is 0 Å². The highest BCUT2D eigenvalue weighted by molar-refractivity contribution is 7.99. The van der Waals surface area contributed by atoms with Crippen LogP contribution in [0.3, 0.4) is 0 Å². The molecule has 1 aromatic heterocycles. The number of methoxy groups -OCH3 is 1. The van der Waals surface area contributed by atoms with Crippen LogP contribution < -0.4 is 5.32 Å². The highest BCUT2D eigenvalue weighted by Crippen LogP contribution is 2.13. The average molecular weight is 273 g/mol. The number of aliphatic hydroxyl groups excluding tert-OH is 2. The lowest BCUT2D eigenvalue weighted by atomic mass is 10.3. The third-order valence-electron chi connectivity index (χ3n) is 2.11. The minimum Gasteiger partial charge on any atom is -0.394 e. The number of aliphatic hydroxyl groups is 2. The second-order valence-electron chi connectivity index (χ2n) is 3.69.